The number of hydrogen-bond donors (Lipinski definition) is 1. The molecule has 1 aromatic carbocycles. The number of allylic oxidation sites excluding steroid dienone is 1. The Labute approximate surface area is 134 Å². The SMILES string of the molecule is CCC(OC)(OC)c1ccccc1C1(O)CC(C)C(C)=C1C. The minimum Gasteiger partial charge on any atom is -0.381 e. The van der Waals surface area contributed by atoms with Crippen molar-refractivity contribution in [1.29, 1.82) is 0 Å². The zero-order valence-corrected chi connectivity index (χ0v) is 14.6. The second-order valence-electron chi connectivity index (χ2n) is 6.33. The Balaban J connectivity index is 2.65. The van der Waals surface area contributed by atoms with Crippen LogP contribution in [0.15, 0.2) is 35.4 Å². The van der Waals surface area contributed by atoms with Crippen LogP contribution >= 0.6 is 0 Å². The highest BCUT2D eigenvalue weighted by atomic mass is 16.7. The van der Waals surface area contributed by atoms with Gasteiger partial charge in [0.1, 0.15) is 5.60 Å². The maximum Gasteiger partial charge on any atom is 0.194 e. The van der Waals surface area contributed by atoms with Crippen LogP contribution in [0.2, 0.25) is 0 Å². The van der Waals surface area contributed by atoms with E-state index in [4.69, 9.17) is 9.47 Å². The molecule has 0 saturated carbocycles. The van der Waals surface area contributed by atoms with Crippen LogP contribution in [0.3, 0.4) is 0 Å². The third kappa shape index (κ3) is 2.41. The molecule has 0 aliphatic heterocycles. The Morgan fingerprint density at radius 1 is 1.23 bits per heavy atom. The van der Waals surface area contributed by atoms with E-state index in [0.29, 0.717) is 18.8 Å². The van der Waals surface area contributed by atoms with Gasteiger partial charge in [-0.25, -0.2) is 0 Å². The molecule has 2 atom stereocenters. The molecule has 2 rings (SSSR count). The molecular weight excluding hydrogens is 276 g/mol. The van der Waals surface area contributed by atoms with Gasteiger partial charge in [0.15, 0.2) is 5.79 Å². The van der Waals surface area contributed by atoms with Crippen LogP contribution in [0.1, 0.15) is 51.7 Å². The van der Waals surface area contributed by atoms with Gasteiger partial charge in [0.25, 0.3) is 0 Å². The standard InChI is InChI=1S/C19H28O3/c1-7-19(21-5,22-6)17-11-9-8-10-16(17)18(20)12-13(2)14(3)15(18)4/h8-11,13,20H,7,12H2,1-6H3. The molecule has 0 radical (unpaired) electrons. The lowest BCUT2D eigenvalue weighted by molar-refractivity contribution is -0.218. The van der Waals surface area contributed by atoms with Crippen LogP contribution in [0.4, 0.5) is 0 Å². The van der Waals surface area contributed by atoms with E-state index in [1.807, 2.05) is 38.1 Å². The molecule has 0 heterocycles. The second-order valence-corrected chi connectivity index (χ2v) is 6.33. The molecule has 1 aliphatic carbocycles. The molecule has 122 valence electrons. The summed E-state index contributed by atoms with van der Waals surface area (Å²) >= 11 is 0. The Morgan fingerprint density at radius 2 is 1.82 bits per heavy atom. The Kier molecular flexibility index (Phi) is 4.81. The molecule has 0 aromatic heterocycles. The summed E-state index contributed by atoms with van der Waals surface area (Å²) in [5, 5.41) is 11.4. The zero-order valence-electron chi connectivity index (χ0n) is 14.6. The molecular formula is C19H28O3. The van der Waals surface area contributed by atoms with E-state index in [0.717, 1.165) is 16.7 Å². The third-order valence-electron chi connectivity index (χ3n) is 5.46. The molecule has 3 nitrogen and oxygen atoms in total. The van der Waals surface area contributed by atoms with Crippen LogP contribution in [0.25, 0.3) is 0 Å². The van der Waals surface area contributed by atoms with E-state index in [9.17, 15) is 5.11 Å². The highest BCUT2D eigenvalue weighted by Crippen LogP contribution is 2.49. The molecule has 22 heavy (non-hydrogen) atoms. The molecule has 1 aliphatic rings. The molecule has 0 bridgehead atoms. The van der Waals surface area contributed by atoms with Gasteiger partial charge in [-0.3, -0.25) is 0 Å². The van der Waals surface area contributed by atoms with Crippen molar-refractivity contribution in [1.82, 2.24) is 0 Å². The molecule has 0 saturated heterocycles. The van der Waals surface area contributed by atoms with Crippen LogP contribution in [0, 0.1) is 5.92 Å². The summed E-state index contributed by atoms with van der Waals surface area (Å²) in [6.45, 7) is 8.33. The topological polar surface area (TPSA) is 38.7 Å². The van der Waals surface area contributed by atoms with E-state index in [1.165, 1.54) is 5.57 Å². The van der Waals surface area contributed by atoms with Crippen molar-refractivity contribution in [2.24, 2.45) is 5.92 Å². The van der Waals surface area contributed by atoms with Crippen molar-refractivity contribution in [3.05, 3.63) is 46.5 Å². The van der Waals surface area contributed by atoms with E-state index in [-0.39, 0.29) is 0 Å². The number of aliphatic hydroxyl groups is 1. The lowest BCUT2D eigenvalue weighted by atomic mass is 9.81. The van der Waals surface area contributed by atoms with Gasteiger partial charge in [-0.15, -0.1) is 0 Å². The maximum absolute atomic E-state index is 11.4. The van der Waals surface area contributed by atoms with Gasteiger partial charge in [-0.1, -0.05) is 43.7 Å². The number of rotatable bonds is 5. The molecule has 1 N–H and O–H groups in total. The van der Waals surface area contributed by atoms with Crippen molar-refractivity contribution in [3.8, 4) is 0 Å². The fourth-order valence-corrected chi connectivity index (χ4v) is 3.72. The summed E-state index contributed by atoms with van der Waals surface area (Å²) in [7, 11) is 3.30. The summed E-state index contributed by atoms with van der Waals surface area (Å²) in [5.74, 6) is -0.453. The average molecular weight is 304 g/mol. The normalized spacial score (nSPS) is 25.9. The van der Waals surface area contributed by atoms with E-state index in [2.05, 4.69) is 13.8 Å². The van der Waals surface area contributed by atoms with E-state index in [1.54, 1.807) is 14.2 Å². The first-order valence-corrected chi connectivity index (χ1v) is 7.96. The maximum atomic E-state index is 11.4. The van der Waals surface area contributed by atoms with Crippen molar-refractivity contribution in [2.75, 3.05) is 14.2 Å². The predicted octanol–water partition coefficient (Wildman–Crippen LogP) is 4.11. The summed E-state index contributed by atoms with van der Waals surface area (Å²) in [6, 6.07) is 7.92. The van der Waals surface area contributed by atoms with Crippen molar-refractivity contribution in [2.45, 2.75) is 51.9 Å². The second kappa shape index (κ2) is 6.15. The van der Waals surface area contributed by atoms with Gasteiger partial charge < -0.3 is 14.6 Å². The Hall–Kier alpha value is -1.16. The van der Waals surface area contributed by atoms with Gasteiger partial charge in [0.2, 0.25) is 0 Å². The molecule has 0 amide bonds. The summed E-state index contributed by atoms with van der Waals surface area (Å²) in [6.07, 6.45) is 1.37. The highest BCUT2D eigenvalue weighted by molar-refractivity contribution is 5.45. The number of ether oxygens (including phenoxy) is 2. The van der Waals surface area contributed by atoms with Crippen LogP contribution in [-0.4, -0.2) is 19.3 Å². The first-order valence-electron chi connectivity index (χ1n) is 7.96. The van der Waals surface area contributed by atoms with Crippen LogP contribution in [-0.2, 0) is 20.9 Å². The predicted molar refractivity (Wildman–Crippen MR) is 88.5 cm³/mol. The summed E-state index contributed by atoms with van der Waals surface area (Å²) < 4.78 is 11.4. The van der Waals surface area contributed by atoms with Gasteiger partial charge in [0, 0.05) is 26.2 Å². The molecule has 3 heteroatoms. The van der Waals surface area contributed by atoms with E-state index < -0.39 is 11.4 Å². The number of hydrogen-bond acceptors (Lipinski definition) is 3. The van der Waals surface area contributed by atoms with Crippen molar-refractivity contribution in [3.63, 3.8) is 0 Å². The Bertz CT molecular complexity index is 564. The monoisotopic (exact) mass is 304 g/mol. The molecule has 0 spiro atoms. The van der Waals surface area contributed by atoms with Crippen LogP contribution in [0.5, 0.6) is 0 Å². The Morgan fingerprint density at radius 3 is 2.27 bits per heavy atom. The fourth-order valence-electron chi connectivity index (χ4n) is 3.72. The van der Waals surface area contributed by atoms with Gasteiger partial charge in [0.05, 0.1) is 0 Å². The van der Waals surface area contributed by atoms with Crippen molar-refractivity contribution < 1.29 is 14.6 Å². The summed E-state index contributed by atoms with van der Waals surface area (Å²) in [5.41, 5.74) is 3.17. The summed E-state index contributed by atoms with van der Waals surface area (Å²) in [4.78, 5) is 0. The lowest BCUT2D eigenvalue weighted by Gasteiger charge is -2.36. The largest absolute Gasteiger partial charge is 0.381 e. The minimum atomic E-state index is -0.947. The minimum absolute atomic E-state index is 0.374. The average Bonchev–Trinajstić information content (AvgIpc) is 2.74. The molecule has 0 fully saturated rings. The van der Waals surface area contributed by atoms with E-state index >= 15 is 0 Å². The highest BCUT2D eigenvalue weighted by Gasteiger charge is 2.45. The fraction of sp³-hybridized carbons (Fsp3) is 0.579. The molecule has 2 unspecified atom stereocenters. The quantitative estimate of drug-likeness (QED) is 0.657. The van der Waals surface area contributed by atoms with Gasteiger partial charge >= 0.3 is 0 Å². The van der Waals surface area contributed by atoms with Crippen LogP contribution < -0.4 is 0 Å². The molecule has 1 aromatic rings. The smallest absolute Gasteiger partial charge is 0.194 e. The third-order valence-corrected chi connectivity index (χ3v) is 5.46. The zero-order chi connectivity index (χ0) is 16.5. The first-order chi connectivity index (χ1) is 10.4. The first kappa shape index (κ1) is 17.2. The van der Waals surface area contributed by atoms with Gasteiger partial charge in [-0.05, 0) is 37.3 Å². The number of benzene rings is 1. The lowest BCUT2D eigenvalue weighted by Crippen LogP contribution is -2.36. The number of methoxy groups -OCH3 is 2. The van der Waals surface area contributed by atoms with Crippen molar-refractivity contribution >= 4 is 0 Å². The van der Waals surface area contributed by atoms with Gasteiger partial charge in [-0.2, -0.15) is 0 Å².